The minimum atomic E-state index is -0.717. The Bertz CT molecular complexity index is 553. The Morgan fingerprint density at radius 3 is 2.00 bits per heavy atom. The lowest BCUT2D eigenvalue weighted by atomic mass is 9.93. The van der Waals surface area contributed by atoms with Crippen LogP contribution in [0, 0.1) is 25.5 Å². The topological polar surface area (TPSA) is 20.2 Å². The van der Waals surface area contributed by atoms with E-state index in [1.807, 2.05) is 0 Å². The highest BCUT2D eigenvalue weighted by molar-refractivity contribution is 5.37. The molecule has 0 radical (unpaired) electrons. The molecule has 19 heavy (non-hydrogen) atoms. The maximum absolute atomic E-state index is 13.2. The summed E-state index contributed by atoms with van der Waals surface area (Å²) in [6, 6.07) is 8.85. The highest BCUT2D eigenvalue weighted by atomic mass is 19.1. The molecule has 0 saturated heterocycles. The molecule has 0 amide bonds. The number of rotatable bonds is 3. The smallest absolute Gasteiger partial charge is 0.123 e. The first-order valence-corrected chi connectivity index (χ1v) is 6.16. The van der Waals surface area contributed by atoms with Crippen LogP contribution in [0.2, 0.25) is 0 Å². The summed E-state index contributed by atoms with van der Waals surface area (Å²) in [5, 5.41) is 10.3. The van der Waals surface area contributed by atoms with E-state index in [4.69, 9.17) is 0 Å². The lowest BCUT2D eigenvalue weighted by molar-refractivity contribution is 0.177. The van der Waals surface area contributed by atoms with Crippen molar-refractivity contribution in [3.63, 3.8) is 0 Å². The van der Waals surface area contributed by atoms with Crippen LogP contribution in [-0.4, -0.2) is 5.11 Å². The van der Waals surface area contributed by atoms with Crippen molar-refractivity contribution in [2.24, 2.45) is 0 Å². The number of hydrogen-bond acceptors (Lipinski definition) is 1. The first-order valence-electron chi connectivity index (χ1n) is 6.16. The predicted molar refractivity (Wildman–Crippen MR) is 70.9 cm³/mol. The zero-order valence-corrected chi connectivity index (χ0v) is 11.0. The van der Waals surface area contributed by atoms with E-state index >= 15 is 0 Å². The third kappa shape index (κ3) is 3.18. The van der Waals surface area contributed by atoms with Crippen molar-refractivity contribution < 1.29 is 13.9 Å². The Morgan fingerprint density at radius 1 is 0.947 bits per heavy atom. The van der Waals surface area contributed by atoms with Crippen LogP contribution < -0.4 is 0 Å². The van der Waals surface area contributed by atoms with Crippen LogP contribution in [0.25, 0.3) is 0 Å². The molecule has 2 aromatic carbocycles. The molecule has 1 atom stereocenters. The second kappa shape index (κ2) is 5.49. The summed E-state index contributed by atoms with van der Waals surface area (Å²) in [5.41, 5.74) is 3.04. The molecule has 0 saturated carbocycles. The van der Waals surface area contributed by atoms with Gasteiger partial charge in [0.2, 0.25) is 0 Å². The van der Waals surface area contributed by atoms with Crippen LogP contribution in [-0.2, 0) is 6.42 Å². The fourth-order valence-electron chi connectivity index (χ4n) is 2.39. The van der Waals surface area contributed by atoms with E-state index in [0.717, 1.165) is 22.3 Å². The zero-order chi connectivity index (χ0) is 14.0. The molecule has 1 N–H and O–H groups in total. The minimum Gasteiger partial charge on any atom is -0.388 e. The molecule has 0 bridgehead atoms. The summed E-state index contributed by atoms with van der Waals surface area (Å²) in [6.45, 7) is 3.55. The van der Waals surface area contributed by atoms with Crippen molar-refractivity contribution in [3.05, 3.63) is 70.3 Å². The van der Waals surface area contributed by atoms with Crippen molar-refractivity contribution in [1.29, 1.82) is 0 Å². The Labute approximate surface area is 111 Å². The van der Waals surface area contributed by atoms with E-state index in [2.05, 4.69) is 0 Å². The molecule has 1 unspecified atom stereocenters. The van der Waals surface area contributed by atoms with Crippen LogP contribution in [0.4, 0.5) is 8.78 Å². The van der Waals surface area contributed by atoms with Gasteiger partial charge in [0.25, 0.3) is 0 Å². The fourth-order valence-corrected chi connectivity index (χ4v) is 2.39. The fraction of sp³-hybridized carbons (Fsp3) is 0.250. The van der Waals surface area contributed by atoms with Gasteiger partial charge in [-0.2, -0.15) is 0 Å². The average molecular weight is 262 g/mol. The third-order valence-electron chi connectivity index (χ3n) is 3.23. The molecule has 1 nitrogen and oxygen atoms in total. The first kappa shape index (κ1) is 13.7. The normalized spacial score (nSPS) is 12.5. The molecule has 100 valence electrons. The summed E-state index contributed by atoms with van der Waals surface area (Å²) >= 11 is 0. The van der Waals surface area contributed by atoms with E-state index in [1.165, 1.54) is 24.3 Å². The monoisotopic (exact) mass is 262 g/mol. The van der Waals surface area contributed by atoms with Crippen LogP contribution in [0.1, 0.15) is 28.4 Å². The van der Waals surface area contributed by atoms with Gasteiger partial charge in [-0.05, 0) is 60.4 Å². The van der Waals surface area contributed by atoms with Crippen molar-refractivity contribution in [3.8, 4) is 0 Å². The number of aryl methyl sites for hydroxylation is 2. The molecular formula is C16H16F2O. The molecule has 2 aromatic rings. The number of halogens is 2. The molecule has 0 heterocycles. The SMILES string of the molecule is Cc1cc(F)cc(C)c1C(O)Cc1ccc(F)cc1. The van der Waals surface area contributed by atoms with Gasteiger partial charge >= 0.3 is 0 Å². The molecule has 0 fully saturated rings. The Kier molecular flexibility index (Phi) is 3.96. The highest BCUT2D eigenvalue weighted by Gasteiger charge is 2.15. The van der Waals surface area contributed by atoms with Crippen molar-refractivity contribution in [1.82, 2.24) is 0 Å². The van der Waals surface area contributed by atoms with Crippen LogP contribution in [0.3, 0.4) is 0 Å². The lowest BCUT2D eigenvalue weighted by Crippen LogP contribution is -2.07. The van der Waals surface area contributed by atoms with Crippen LogP contribution >= 0.6 is 0 Å². The molecule has 0 spiro atoms. The highest BCUT2D eigenvalue weighted by Crippen LogP contribution is 2.26. The van der Waals surface area contributed by atoms with E-state index in [0.29, 0.717) is 6.42 Å². The van der Waals surface area contributed by atoms with E-state index in [1.54, 1.807) is 26.0 Å². The molecule has 0 aliphatic carbocycles. The van der Waals surface area contributed by atoms with Crippen molar-refractivity contribution in [2.75, 3.05) is 0 Å². The first-order chi connectivity index (χ1) is 8.97. The predicted octanol–water partition coefficient (Wildman–Crippen LogP) is 3.86. The zero-order valence-electron chi connectivity index (χ0n) is 11.0. The van der Waals surface area contributed by atoms with E-state index < -0.39 is 6.10 Å². The summed E-state index contributed by atoms with van der Waals surface area (Å²) in [7, 11) is 0. The molecule has 2 rings (SSSR count). The quantitative estimate of drug-likeness (QED) is 0.890. The lowest BCUT2D eigenvalue weighted by Gasteiger charge is -2.17. The Morgan fingerprint density at radius 2 is 1.47 bits per heavy atom. The van der Waals surface area contributed by atoms with Gasteiger partial charge in [-0.3, -0.25) is 0 Å². The van der Waals surface area contributed by atoms with Crippen LogP contribution in [0.5, 0.6) is 0 Å². The standard InChI is InChI=1S/C16H16F2O/c1-10-7-14(18)8-11(2)16(10)15(19)9-12-3-5-13(17)6-4-12/h3-8,15,19H,9H2,1-2H3. The van der Waals surface area contributed by atoms with Crippen molar-refractivity contribution >= 4 is 0 Å². The molecule has 0 aliphatic heterocycles. The van der Waals surface area contributed by atoms with Crippen molar-refractivity contribution in [2.45, 2.75) is 26.4 Å². The van der Waals surface area contributed by atoms with Gasteiger partial charge in [0.1, 0.15) is 11.6 Å². The van der Waals surface area contributed by atoms with Gasteiger partial charge in [0.15, 0.2) is 0 Å². The Balaban J connectivity index is 2.25. The van der Waals surface area contributed by atoms with Gasteiger partial charge in [-0.25, -0.2) is 8.78 Å². The number of aliphatic hydroxyl groups excluding tert-OH is 1. The van der Waals surface area contributed by atoms with Gasteiger partial charge in [0, 0.05) is 6.42 Å². The largest absolute Gasteiger partial charge is 0.388 e. The van der Waals surface area contributed by atoms with Gasteiger partial charge in [-0.1, -0.05) is 12.1 Å². The number of benzene rings is 2. The maximum Gasteiger partial charge on any atom is 0.123 e. The van der Waals surface area contributed by atoms with Crippen LogP contribution in [0.15, 0.2) is 36.4 Å². The Hall–Kier alpha value is -1.74. The molecule has 3 heteroatoms. The third-order valence-corrected chi connectivity index (χ3v) is 3.23. The summed E-state index contributed by atoms with van der Waals surface area (Å²) in [5.74, 6) is -0.597. The average Bonchev–Trinajstić information content (AvgIpc) is 2.30. The minimum absolute atomic E-state index is 0.298. The molecular weight excluding hydrogens is 246 g/mol. The molecule has 0 aliphatic rings. The summed E-state index contributed by atoms with van der Waals surface area (Å²) in [6.07, 6.45) is -0.334. The summed E-state index contributed by atoms with van der Waals surface area (Å²) < 4.78 is 26.0. The van der Waals surface area contributed by atoms with E-state index in [-0.39, 0.29) is 11.6 Å². The van der Waals surface area contributed by atoms with Gasteiger partial charge in [-0.15, -0.1) is 0 Å². The molecule has 0 aromatic heterocycles. The van der Waals surface area contributed by atoms with Gasteiger partial charge in [0.05, 0.1) is 6.10 Å². The second-order valence-electron chi connectivity index (χ2n) is 4.80. The number of hydrogen-bond donors (Lipinski definition) is 1. The number of aliphatic hydroxyl groups is 1. The van der Waals surface area contributed by atoms with E-state index in [9.17, 15) is 13.9 Å². The second-order valence-corrected chi connectivity index (χ2v) is 4.80. The van der Waals surface area contributed by atoms with Gasteiger partial charge < -0.3 is 5.11 Å². The maximum atomic E-state index is 13.2. The summed E-state index contributed by atoms with van der Waals surface area (Å²) in [4.78, 5) is 0.